The highest BCUT2D eigenvalue weighted by atomic mass is 31.2. The number of anilines is 3. The van der Waals surface area contributed by atoms with E-state index in [1.54, 1.807) is 12.1 Å². The van der Waals surface area contributed by atoms with E-state index >= 15 is 9.13 Å². The highest BCUT2D eigenvalue weighted by Gasteiger charge is 2.49. The van der Waals surface area contributed by atoms with Crippen LogP contribution in [-0.2, 0) is 9.13 Å². The van der Waals surface area contributed by atoms with Gasteiger partial charge in [-0.25, -0.2) is 0 Å². The van der Waals surface area contributed by atoms with Crippen molar-refractivity contribution < 1.29 is 9.13 Å². The van der Waals surface area contributed by atoms with Gasteiger partial charge in [0.25, 0.3) is 0 Å². The lowest BCUT2D eigenvalue weighted by molar-refractivity contribution is 0.592. The molecule has 188 valence electrons. The summed E-state index contributed by atoms with van der Waals surface area (Å²) in [5.41, 5.74) is 4.65. The molecule has 2 aliphatic heterocycles. The van der Waals surface area contributed by atoms with Crippen molar-refractivity contribution in [2.45, 2.75) is 13.8 Å². The van der Waals surface area contributed by atoms with E-state index in [4.69, 9.17) is 0 Å². The van der Waals surface area contributed by atoms with Gasteiger partial charge in [-0.3, -0.25) is 0 Å². The molecule has 7 rings (SSSR count). The summed E-state index contributed by atoms with van der Waals surface area (Å²) in [5, 5.41) is 14.1. The Hall–Kier alpha value is -4.15. The summed E-state index contributed by atoms with van der Waals surface area (Å²) in [6.07, 6.45) is 0. The Bertz CT molecular complexity index is 1830. The van der Waals surface area contributed by atoms with Gasteiger partial charge in [-0.1, -0.05) is 83.9 Å². The van der Waals surface area contributed by atoms with E-state index in [1.165, 1.54) is 0 Å². The van der Waals surface area contributed by atoms with Gasteiger partial charge < -0.3 is 14.0 Å². The molecule has 4 nitrogen and oxygen atoms in total. The van der Waals surface area contributed by atoms with Gasteiger partial charge in [0.15, 0.2) is 14.3 Å². The number of benzene rings is 5. The number of rotatable bonds is 2. The lowest BCUT2D eigenvalue weighted by atomic mass is 10.1. The first kappa shape index (κ1) is 23.9. The van der Waals surface area contributed by atoms with Crippen LogP contribution >= 0.6 is 14.3 Å². The minimum absolute atomic E-state index is 0.350. The highest BCUT2D eigenvalue weighted by molar-refractivity contribution is 7.88. The number of fused-ring (bicyclic) bond motifs is 4. The fourth-order valence-corrected chi connectivity index (χ4v) is 12.3. The van der Waals surface area contributed by atoms with Crippen LogP contribution in [0, 0.1) is 25.2 Å². The zero-order valence-corrected chi connectivity index (χ0v) is 23.3. The zero-order valence-electron chi connectivity index (χ0n) is 21.5. The summed E-state index contributed by atoms with van der Waals surface area (Å²) >= 11 is 0. The van der Waals surface area contributed by atoms with Gasteiger partial charge >= 0.3 is 0 Å². The van der Waals surface area contributed by atoms with Crippen LogP contribution in [0.2, 0.25) is 0 Å². The molecule has 2 atom stereocenters. The highest BCUT2D eigenvalue weighted by Crippen LogP contribution is 2.60. The molecule has 39 heavy (non-hydrogen) atoms. The summed E-state index contributed by atoms with van der Waals surface area (Å²) in [5.74, 6) is 0. The lowest BCUT2D eigenvalue weighted by Gasteiger charge is -2.44. The van der Waals surface area contributed by atoms with Crippen LogP contribution in [0.1, 0.15) is 16.7 Å². The number of aryl methyl sites for hydroxylation is 2. The first-order valence-corrected chi connectivity index (χ1v) is 16.2. The van der Waals surface area contributed by atoms with Gasteiger partial charge in [-0.15, -0.1) is 0 Å². The molecule has 2 aliphatic rings. The molecule has 5 aromatic carbocycles. The molecule has 0 aromatic heterocycles. The maximum atomic E-state index is 15.6. The van der Waals surface area contributed by atoms with Crippen molar-refractivity contribution in [1.82, 2.24) is 0 Å². The molecule has 0 amide bonds. The molecule has 0 saturated heterocycles. The van der Waals surface area contributed by atoms with Crippen LogP contribution in [-0.4, -0.2) is 0 Å². The average Bonchev–Trinajstić information content (AvgIpc) is 2.97. The molecule has 5 aromatic rings. The first-order chi connectivity index (χ1) is 18.9. The van der Waals surface area contributed by atoms with Crippen LogP contribution in [0.5, 0.6) is 0 Å². The molecule has 0 fully saturated rings. The Balaban J connectivity index is 1.71. The maximum absolute atomic E-state index is 15.6. The Kier molecular flexibility index (Phi) is 5.17. The number of hydrogen-bond acceptors (Lipinski definition) is 4. The third-order valence-electron chi connectivity index (χ3n) is 7.76. The van der Waals surface area contributed by atoms with Gasteiger partial charge in [-0.2, -0.15) is 5.26 Å². The van der Waals surface area contributed by atoms with E-state index < -0.39 is 14.3 Å². The minimum Gasteiger partial charge on any atom is -0.308 e. The van der Waals surface area contributed by atoms with E-state index in [0.717, 1.165) is 33.1 Å². The van der Waals surface area contributed by atoms with Crippen molar-refractivity contribution in [2.75, 3.05) is 4.90 Å². The summed E-state index contributed by atoms with van der Waals surface area (Å²) in [6, 6.07) is 36.9. The normalized spacial score (nSPS) is 20.4. The molecule has 0 bridgehead atoms. The Morgan fingerprint density at radius 2 is 1.03 bits per heavy atom. The third kappa shape index (κ3) is 3.18. The van der Waals surface area contributed by atoms with Gasteiger partial charge in [0, 0.05) is 31.8 Å². The number of hydrogen-bond donors (Lipinski definition) is 0. The van der Waals surface area contributed by atoms with Crippen molar-refractivity contribution in [2.24, 2.45) is 0 Å². The molecule has 2 unspecified atom stereocenters. The van der Waals surface area contributed by atoms with Crippen molar-refractivity contribution in [3.8, 4) is 6.07 Å². The van der Waals surface area contributed by atoms with Crippen LogP contribution in [0.25, 0.3) is 0 Å². The molecule has 0 N–H and O–H groups in total. The predicted molar refractivity (Wildman–Crippen MR) is 161 cm³/mol. The molecule has 0 aliphatic carbocycles. The quantitative estimate of drug-likeness (QED) is 0.269. The second-order valence-electron chi connectivity index (χ2n) is 10.2. The molecular weight excluding hydrogens is 518 g/mol. The molecule has 6 heteroatoms. The fourth-order valence-electron chi connectivity index (χ4n) is 5.99. The smallest absolute Gasteiger partial charge is 0.175 e. The SMILES string of the molecule is Cc1ccc2c(c1)P(=O)(c1ccccc1)c1cc(C#N)cc3c1N2c1ccc(C)cc1P3(=O)c1ccccc1. The van der Waals surface area contributed by atoms with Crippen molar-refractivity contribution in [3.05, 3.63) is 126 Å². The van der Waals surface area contributed by atoms with Gasteiger partial charge in [0.05, 0.1) is 28.7 Å². The van der Waals surface area contributed by atoms with Crippen LogP contribution in [0.4, 0.5) is 17.1 Å². The summed E-state index contributed by atoms with van der Waals surface area (Å²) in [4.78, 5) is 2.12. The Morgan fingerprint density at radius 1 is 0.590 bits per heavy atom. The van der Waals surface area contributed by atoms with Crippen molar-refractivity contribution in [1.29, 1.82) is 5.26 Å². The number of nitrogens with zero attached hydrogens (tertiary/aromatic N) is 2. The van der Waals surface area contributed by atoms with Crippen LogP contribution < -0.4 is 36.7 Å². The van der Waals surface area contributed by atoms with E-state index in [0.29, 0.717) is 32.5 Å². The Labute approximate surface area is 227 Å². The summed E-state index contributed by atoms with van der Waals surface area (Å²) < 4.78 is 31.3. The number of nitriles is 1. The van der Waals surface area contributed by atoms with Gasteiger partial charge in [0.1, 0.15) is 0 Å². The van der Waals surface area contributed by atoms with Gasteiger partial charge in [-0.05, 0) is 50.2 Å². The topological polar surface area (TPSA) is 61.2 Å². The van der Waals surface area contributed by atoms with E-state index in [9.17, 15) is 5.26 Å². The Morgan fingerprint density at radius 3 is 1.44 bits per heavy atom. The molecule has 0 spiro atoms. The largest absolute Gasteiger partial charge is 0.308 e. The van der Waals surface area contributed by atoms with Crippen LogP contribution in [0.15, 0.2) is 109 Å². The first-order valence-electron chi connectivity index (χ1n) is 12.8. The summed E-state index contributed by atoms with van der Waals surface area (Å²) in [6.45, 7) is 4.00. The maximum Gasteiger partial charge on any atom is 0.175 e. The van der Waals surface area contributed by atoms with E-state index in [1.807, 2.05) is 111 Å². The van der Waals surface area contributed by atoms with Crippen LogP contribution in [0.3, 0.4) is 0 Å². The van der Waals surface area contributed by atoms with Crippen molar-refractivity contribution >= 4 is 63.2 Å². The minimum atomic E-state index is -3.44. The van der Waals surface area contributed by atoms with E-state index in [-0.39, 0.29) is 0 Å². The monoisotopic (exact) mass is 542 g/mol. The third-order valence-corrected chi connectivity index (χ3v) is 13.9. The lowest BCUT2D eigenvalue weighted by Crippen LogP contribution is -2.46. The molecule has 2 heterocycles. The van der Waals surface area contributed by atoms with Crippen molar-refractivity contribution in [3.63, 3.8) is 0 Å². The second-order valence-corrected chi connectivity index (χ2v) is 15.6. The van der Waals surface area contributed by atoms with Gasteiger partial charge in [0.2, 0.25) is 0 Å². The fraction of sp³-hybridized carbons (Fsp3) is 0.0606. The summed E-state index contributed by atoms with van der Waals surface area (Å²) in [7, 11) is -6.88. The van der Waals surface area contributed by atoms with E-state index in [2.05, 4.69) is 11.0 Å². The predicted octanol–water partition coefficient (Wildman–Crippen LogP) is 5.55. The second kappa shape index (κ2) is 8.42. The standard InChI is InChI=1S/C33H24N2O2P2/c1-22-13-15-27-29(17-22)38(36,25-9-5-3-6-10-25)31-19-24(21-34)20-32-33(31)35(27)28-16-14-23(2)18-30(28)39(32,37)26-11-7-4-8-12-26/h3-20H,1-2H3. The molecular formula is C33H24N2O2P2. The average molecular weight is 543 g/mol. The zero-order chi connectivity index (χ0) is 26.9. The molecule has 0 radical (unpaired) electrons. The molecule has 0 saturated carbocycles.